The summed E-state index contributed by atoms with van der Waals surface area (Å²) >= 11 is 0. The first kappa shape index (κ1) is 16.4. The second kappa shape index (κ2) is 11.9. The summed E-state index contributed by atoms with van der Waals surface area (Å²) in [5.74, 6) is 0.839. The smallest absolute Gasteiger partial charge is 0.220 e. The van der Waals surface area contributed by atoms with E-state index in [0.29, 0.717) is 12.3 Å². The molecule has 0 bridgehead atoms. The van der Waals surface area contributed by atoms with Crippen molar-refractivity contribution in [3.8, 4) is 0 Å². The highest BCUT2D eigenvalue weighted by Crippen LogP contribution is 2.16. The summed E-state index contributed by atoms with van der Waals surface area (Å²) in [5.41, 5.74) is 5.58. The Labute approximate surface area is 107 Å². The van der Waals surface area contributed by atoms with Gasteiger partial charge in [-0.15, -0.1) is 0 Å². The van der Waals surface area contributed by atoms with Gasteiger partial charge in [0.25, 0.3) is 0 Å². The molecule has 17 heavy (non-hydrogen) atoms. The minimum Gasteiger partial charge on any atom is -0.356 e. The number of carbonyl (C=O) groups is 1. The van der Waals surface area contributed by atoms with Gasteiger partial charge in [0.15, 0.2) is 0 Å². The van der Waals surface area contributed by atoms with Crippen LogP contribution in [0.3, 0.4) is 0 Å². The zero-order chi connectivity index (χ0) is 12.9. The van der Waals surface area contributed by atoms with Gasteiger partial charge < -0.3 is 11.1 Å². The SMILES string of the molecule is CCCCCNC(=O)CCC(CCC)CCN. The van der Waals surface area contributed by atoms with Gasteiger partial charge in [-0.3, -0.25) is 4.79 Å². The molecule has 0 saturated carbocycles. The lowest BCUT2D eigenvalue weighted by atomic mass is 9.94. The number of unbranched alkanes of at least 4 members (excludes halogenated alkanes) is 2. The highest BCUT2D eigenvalue weighted by Gasteiger charge is 2.09. The molecular weight excluding hydrogens is 212 g/mol. The van der Waals surface area contributed by atoms with E-state index in [9.17, 15) is 4.79 Å². The van der Waals surface area contributed by atoms with Gasteiger partial charge in [-0.25, -0.2) is 0 Å². The van der Waals surface area contributed by atoms with Crippen LogP contribution < -0.4 is 11.1 Å². The molecule has 0 aromatic carbocycles. The molecule has 0 saturated heterocycles. The monoisotopic (exact) mass is 242 g/mol. The van der Waals surface area contributed by atoms with Crippen LogP contribution in [0.2, 0.25) is 0 Å². The zero-order valence-electron chi connectivity index (χ0n) is 11.6. The number of hydrogen-bond donors (Lipinski definition) is 2. The molecular formula is C14H30N2O. The first-order chi connectivity index (χ1) is 8.24. The Hall–Kier alpha value is -0.570. The van der Waals surface area contributed by atoms with Gasteiger partial charge in [0.2, 0.25) is 5.91 Å². The van der Waals surface area contributed by atoms with Crippen LogP contribution >= 0.6 is 0 Å². The first-order valence-corrected chi connectivity index (χ1v) is 7.21. The maximum Gasteiger partial charge on any atom is 0.220 e. The first-order valence-electron chi connectivity index (χ1n) is 7.21. The molecule has 1 amide bonds. The second-order valence-electron chi connectivity index (χ2n) is 4.83. The van der Waals surface area contributed by atoms with Crippen LogP contribution in [0, 0.1) is 5.92 Å². The van der Waals surface area contributed by atoms with E-state index in [2.05, 4.69) is 19.2 Å². The lowest BCUT2D eigenvalue weighted by Crippen LogP contribution is -2.25. The Kier molecular flexibility index (Phi) is 11.5. The van der Waals surface area contributed by atoms with Crippen LogP contribution in [0.25, 0.3) is 0 Å². The molecule has 0 fully saturated rings. The Bertz CT molecular complexity index is 177. The number of amides is 1. The average molecular weight is 242 g/mol. The molecule has 3 heteroatoms. The van der Waals surface area contributed by atoms with E-state index in [1.807, 2.05) is 0 Å². The third-order valence-corrected chi connectivity index (χ3v) is 3.15. The molecule has 3 N–H and O–H groups in total. The van der Waals surface area contributed by atoms with Crippen LogP contribution in [0.5, 0.6) is 0 Å². The topological polar surface area (TPSA) is 55.1 Å². The highest BCUT2D eigenvalue weighted by atomic mass is 16.1. The lowest BCUT2D eigenvalue weighted by Gasteiger charge is -2.14. The Morgan fingerprint density at radius 2 is 1.88 bits per heavy atom. The summed E-state index contributed by atoms with van der Waals surface area (Å²) < 4.78 is 0. The normalized spacial score (nSPS) is 12.4. The summed E-state index contributed by atoms with van der Waals surface area (Å²) in [4.78, 5) is 11.6. The van der Waals surface area contributed by atoms with Crippen molar-refractivity contribution in [1.29, 1.82) is 0 Å². The predicted molar refractivity (Wildman–Crippen MR) is 73.8 cm³/mol. The van der Waals surface area contributed by atoms with E-state index >= 15 is 0 Å². The van der Waals surface area contributed by atoms with Crippen molar-refractivity contribution < 1.29 is 4.79 Å². The largest absolute Gasteiger partial charge is 0.356 e. The van der Waals surface area contributed by atoms with Gasteiger partial charge >= 0.3 is 0 Å². The summed E-state index contributed by atoms with van der Waals surface area (Å²) in [6.45, 7) is 5.93. The fourth-order valence-electron chi connectivity index (χ4n) is 2.10. The van der Waals surface area contributed by atoms with Crippen molar-refractivity contribution >= 4 is 5.91 Å². The molecule has 0 aliphatic carbocycles. The lowest BCUT2D eigenvalue weighted by molar-refractivity contribution is -0.121. The Morgan fingerprint density at radius 3 is 2.47 bits per heavy atom. The predicted octanol–water partition coefficient (Wildman–Crippen LogP) is 2.84. The van der Waals surface area contributed by atoms with E-state index in [4.69, 9.17) is 5.73 Å². The molecule has 1 unspecified atom stereocenters. The van der Waals surface area contributed by atoms with Gasteiger partial charge in [-0.2, -0.15) is 0 Å². The van der Waals surface area contributed by atoms with Gasteiger partial charge in [0.1, 0.15) is 0 Å². The van der Waals surface area contributed by atoms with Crippen molar-refractivity contribution in [1.82, 2.24) is 5.32 Å². The minimum atomic E-state index is 0.208. The fraction of sp³-hybridized carbons (Fsp3) is 0.929. The molecule has 0 radical (unpaired) electrons. The van der Waals surface area contributed by atoms with E-state index in [0.717, 1.165) is 32.4 Å². The van der Waals surface area contributed by atoms with Crippen molar-refractivity contribution in [3.05, 3.63) is 0 Å². The third kappa shape index (κ3) is 10.3. The Balaban J connectivity index is 3.57. The fourth-order valence-corrected chi connectivity index (χ4v) is 2.10. The average Bonchev–Trinajstić information content (AvgIpc) is 2.32. The van der Waals surface area contributed by atoms with E-state index in [-0.39, 0.29) is 5.91 Å². The molecule has 0 aromatic rings. The number of nitrogens with one attached hydrogen (secondary N) is 1. The Morgan fingerprint density at radius 1 is 1.12 bits per heavy atom. The van der Waals surface area contributed by atoms with Crippen molar-refractivity contribution in [3.63, 3.8) is 0 Å². The molecule has 102 valence electrons. The summed E-state index contributed by atoms with van der Waals surface area (Å²) in [6, 6.07) is 0. The molecule has 1 atom stereocenters. The van der Waals surface area contributed by atoms with E-state index in [1.54, 1.807) is 0 Å². The number of rotatable bonds is 11. The number of hydrogen-bond acceptors (Lipinski definition) is 2. The zero-order valence-corrected chi connectivity index (χ0v) is 11.6. The maximum absolute atomic E-state index is 11.6. The van der Waals surface area contributed by atoms with E-state index in [1.165, 1.54) is 25.7 Å². The summed E-state index contributed by atoms with van der Waals surface area (Å²) in [6.07, 6.45) is 8.59. The standard InChI is InChI=1S/C14H30N2O/c1-3-5-6-12-16-14(17)9-8-13(7-4-2)10-11-15/h13H,3-12,15H2,1-2H3,(H,16,17). The van der Waals surface area contributed by atoms with Crippen LogP contribution in [0.15, 0.2) is 0 Å². The molecule has 0 aliphatic heterocycles. The van der Waals surface area contributed by atoms with Crippen LogP contribution in [-0.2, 0) is 4.79 Å². The number of nitrogens with two attached hydrogens (primary N) is 1. The van der Waals surface area contributed by atoms with Gasteiger partial charge in [0.05, 0.1) is 0 Å². The third-order valence-electron chi connectivity index (χ3n) is 3.15. The molecule has 0 heterocycles. The molecule has 0 aliphatic rings. The van der Waals surface area contributed by atoms with Crippen LogP contribution in [-0.4, -0.2) is 19.0 Å². The molecule has 0 rings (SSSR count). The van der Waals surface area contributed by atoms with Crippen LogP contribution in [0.4, 0.5) is 0 Å². The molecule has 0 spiro atoms. The van der Waals surface area contributed by atoms with Crippen molar-refractivity contribution in [2.45, 2.75) is 65.2 Å². The van der Waals surface area contributed by atoms with Crippen molar-refractivity contribution in [2.75, 3.05) is 13.1 Å². The van der Waals surface area contributed by atoms with Gasteiger partial charge in [-0.1, -0.05) is 39.5 Å². The van der Waals surface area contributed by atoms with Crippen molar-refractivity contribution in [2.24, 2.45) is 11.7 Å². The van der Waals surface area contributed by atoms with Gasteiger partial charge in [0, 0.05) is 13.0 Å². The summed E-state index contributed by atoms with van der Waals surface area (Å²) in [7, 11) is 0. The quantitative estimate of drug-likeness (QED) is 0.547. The number of carbonyl (C=O) groups excluding carboxylic acids is 1. The maximum atomic E-state index is 11.6. The molecule has 0 aromatic heterocycles. The molecule has 3 nitrogen and oxygen atoms in total. The minimum absolute atomic E-state index is 0.208. The summed E-state index contributed by atoms with van der Waals surface area (Å²) in [5, 5.41) is 2.99. The highest BCUT2D eigenvalue weighted by molar-refractivity contribution is 5.75. The van der Waals surface area contributed by atoms with Gasteiger partial charge in [-0.05, 0) is 31.7 Å². The van der Waals surface area contributed by atoms with Crippen LogP contribution in [0.1, 0.15) is 65.2 Å². The second-order valence-corrected chi connectivity index (χ2v) is 4.83. The van der Waals surface area contributed by atoms with E-state index < -0.39 is 0 Å².